The SMILES string of the molecule is Cc1cc(C)cc(C(=Cc2ccc(Nc3c(C)cc(C)cc3C)cc2)c2ccccc2)c1. The molecule has 4 aromatic carbocycles. The highest BCUT2D eigenvalue weighted by Crippen LogP contribution is 2.29. The van der Waals surface area contributed by atoms with E-state index in [1.807, 2.05) is 0 Å². The number of benzene rings is 4. The Balaban J connectivity index is 1.69. The van der Waals surface area contributed by atoms with Crippen molar-refractivity contribution in [2.75, 3.05) is 5.32 Å². The molecular weight excluding hydrogens is 386 g/mol. The minimum atomic E-state index is 1.10. The Hall–Kier alpha value is -3.58. The lowest BCUT2D eigenvalue weighted by atomic mass is 9.93. The van der Waals surface area contributed by atoms with Crippen molar-refractivity contribution in [1.29, 1.82) is 0 Å². The third-order valence-electron chi connectivity index (χ3n) is 5.79. The second-order valence-corrected chi connectivity index (χ2v) is 8.82. The number of rotatable bonds is 5. The Bertz CT molecular complexity index is 1220. The van der Waals surface area contributed by atoms with Gasteiger partial charge in [-0.3, -0.25) is 0 Å². The molecule has 160 valence electrons. The zero-order chi connectivity index (χ0) is 22.7. The molecule has 4 aromatic rings. The van der Waals surface area contributed by atoms with Crippen molar-refractivity contribution in [3.63, 3.8) is 0 Å². The van der Waals surface area contributed by atoms with Gasteiger partial charge in [0.1, 0.15) is 0 Å². The van der Waals surface area contributed by atoms with Gasteiger partial charge in [-0.25, -0.2) is 0 Å². The van der Waals surface area contributed by atoms with Crippen molar-refractivity contribution in [2.45, 2.75) is 34.6 Å². The van der Waals surface area contributed by atoms with Gasteiger partial charge in [0.15, 0.2) is 0 Å². The summed E-state index contributed by atoms with van der Waals surface area (Å²) in [6, 6.07) is 30.5. The number of hydrogen-bond donors (Lipinski definition) is 1. The third kappa shape index (κ3) is 5.00. The number of nitrogens with one attached hydrogen (secondary N) is 1. The summed E-state index contributed by atoms with van der Waals surface area (Å²) in [5, 5.41) is 3.61. The molecule has 0 saturated carbocycles. The van der Waals surface area contributed by atoms with E-state index < -0.39 is 0 Å². The monoisotopic (exact) mass is 417 g/mol. The van der Waals surface area contributed by atoms with Crippen LogP contribution in [0.25, 0.3) is 11.6 Å². The van der Waals surface area contributed by atoms with Crippen LogP contribution in [0.1, 0.15) is 44.5 Å². The van der Waals surface area contributed by atoms with E-state index >= 15 is 0 Å². The Morgan fingerprint density at radius 3 is 1.75 bits per heavy atom. The van der Waals surface area contributed by atoms with E-state index in [-0.39, 0.29) is 0 Å². The van der Waals surface area contributed by atoms with E-state index in [2.05, 4.69) is 131 Å². The van der Waals surface area contributed by atoms with Crippen LogP contribution in [0, 0.1) is 34.6 Å². The number of anilines is 2. The van der Waals surface area contributed by atoms with E-state index in [1.54, 1.807) is 0 Å². The van der Waals surface area contributed by atoms with Crippen molar-refractivity contribution in [1.82, 2.24) is 0 Å². The van der Waals surface area contributed by atoms with Crippen LogP contribution in [0.4, 0.5) is 11.4 Å². The van der Waals surface area contributed by atoms with Gasteiger partial charge in [-0.2, -0.15) is 0 Å². The lowest BCUT2D eigenvalue weighted by Crippen LogP contribution is -1.97. The van der Waals surface area contributed by atoms with Gasteiger partial charge in [0.2, 0.25) is 0 Å². The Morgan fingerprint density at radius 1 is 0.594 bits per heavy atom. The summed E-state index contributed by atoms with van der Waals surface area (Å²) in [6.45, 7) is 10.8. The summed E-state index contributed by atoms with van der Waals surface area (Å²) in [5.74, 6) is 0. The molecule has 1 N–H and O–H groups in total. The summed E-state index contributed by atoms with van der Waals surface area (Å²) in [5.41, 5.74) is 13.6. The fourth-order valence-electron chi connectivity index (χ4n) is 4.43. The maximum Gasteiger partial charge on any atom is 0.0443 e. The first-order valence-corrected chi connectivity index (χ1v) is 11.2. The highest BCUT2D eigenvalue weighted by molar-refractivity contribution is 5.92. The van der Waals surface area contributed by atoms with Crippen LogP contribution in [0.2, 0.25) is 0 Å². The van der Waals surface area contributed by atoms with Gasteiger partial charge >= 0.3 is 0 Å². The van der Waals surface area contributed by atoms with Gasteiger partial charge < -0.3 is 5.32 Å². The average Bonchev–Trinajstić information content (AvgIpc) is 2.75. The van der Waals surface area contributed by atoms with Crippen molar-refractivity contribution < 1.29 is 0 Å². The Morgan fingerprint density at radius 2 is 1.16 bits per heavy atom. The predicted molar refractivity (Wildman–Crippen MR) is 140 cm³/mol. The van der Waals surface area contributed by atoms with Crippen molar-refractivity contribution in [3.05, 3.63) is 129 Å². The van der Waals surface area contributed by atoms with Crippen LogP contribution in [0.5, 0.6) is 0 Å². The molecule has 0 heterocycles. The molecule has 0 spiro atoms. The van der Waals surface area contributed by atoms with Gasteiger partial charge in [-0.15, -0.1) is 0 Å². The molecule has 4 rings (SSSR count). The second kappa shape index (κ2) is 9.28. The van der Waals surface area contributed by atoms with Crippen molar-refractivity contribution in [3.8, 4) is 0 Å². The number of aryl methyl sites for hydroxylation is 5. The maximum absolute atomic E-state index is 3.61. The van der Waals surface area contributed by atoms with Crippen LogP contribution < -0.4 is 5.32 Å². The topological polar surface area (TPSA) is 12.0 Å². The van der Waals surface area contributed by atoms with Crippen molar-refractivity contribution >= 4 is 23.0 Å². The van der Waals surface area contributed by atoms with Gasteiger partial charge in [-0.05, 0) is 86.2 Å². The van der Waals surface area contributed by atoms with E-state index in [1.165, 1.54) is 55.8 Å². The third-order valence-corrected chi connectivity index (χ3v) is 5.79. The van der Waals surface area contributed by atoms with Gasteiger partial charge in [-0.1, -0.05) is 89.5 Å². The molecule has 0 aliphatic rings. The molecule has 1 nitrogen and oxygen atoms in total. The summed E-state index contributed by atoms with van der Waals surface area (Å²) in [7, 11) is 0. The van der Waals surface area contributed by atoms with Crippen LogP contribution in [-0.4, -0.2) is 0 Å². The minimum Gasteiger partial charge on any atom is -0.355 e. The van der Waals surface area contributed by atoms with Crippen LogP contribution in [0.3, 0.4) is 0 Å². The van der Waals surface area contributed by atoms with Gasteiger partial charge in [0.05, 0.1) is 0 Å². The first-order valence-electron chi connectivity index (χ1n) is 11.2. The van der Waals surface area contributed by atoms with Crippen LogP contribution in [-0.2, 0) is 0 Å². The molecule has 0 unspecified atom stereocenters. The molecule has 0 bridgehead atoms. The van der Waals surface area contributed by atoms with E-state index in [0.717, 1.165) is 5.69 Å². The van der Waals surface area contributed by atoms with E-state index in [0.29, 0.717) is 0 Å². The summed E-state index contributed by atoms with van der Waals surface area (Å²) >= 11 is 0. The van der Waals surface area contributed by atoms with E-state index in [9.17, 15) is 0 Å². The first kappa shape index (κ1) is 21.6. The predicted octanol–water partition coefficient (Wildman–Crippen LogP) is 8.56. The van der Waals surface area contributed by atoms with Gasteiger partial charge in [0.25, 0.3) is 0 Å². The summed E-state index contributed by atoms with van der Waals surface area (Å²) < 4.78 is 0. The normalized spacial score (nSPS) is 11.5. The largest absolute Gasteiger partial charge is 0.355 e. The molecule has 0 aromatic heterocycles. The molecule has 1 heteroatoms. The lowest BCUT2D eigenvalue weighted by molar-refractivity contribution is 1.31. The highest BCUT2D eigenvalue weighted by Gasteiger charge is 2.08. The molecule has 0 fully saturated rings. The number of hydrogen-bond acceptors (Lipinski definition) is 1. The summed E-state index contributed by atoms with van der Waals surface area (Å²) in [4.78, 5) is 0. The fraction of sp³-hybridized carbons (Fsp3) is 0.161. The molecule has 0 aliphatic carbocycles. The second-order valence-electron chi connectivity index (χ2n) is 8.82. The molecule has 0 aliphatic heterocycles. The fourth-order valence-corrected chi connectivity index (χ4v) is 4.43. The molecule has 0 atom stereocenters. The van der Waals surface area contributed by atoms with Gasteiger partial charge in [0, 0.05) is 11.4 Å². The maximum atomic E-state index is 3.61. The lowest BCUT2D eigenvalue weighted by Gasteiger charge is -2.14. The average molecular weight is 418 g/mol. The molecule has 0 radical (unpaired) electrons. The highest BCUT2D eigenvalue weighted by atomic mass is 14.9. The molecule has 0 saturated heterocycles. The zero-order valence-corrected chi connectivity index (χ0v) is 19.7. The molecular formula is C31H31N. The van der Waals surface area contributed by atoms with Crippen molar-refractivity contribution in [2.24, 2.45) is 0 Å². The van der Waals surface area contributed by atoms with E-state index in [4.69, 9.17) is 0 Å². The molecule has 32 heavy (non-hydrogen) atoms. The Labute approximate surface area is 192 Å². The minimum absolute atomic E-state index is 1.10. The zero-order valence-electron chi connectivity index (χ0n) is 19.7. The smallest absolute Gasteiger partial charge is 0.0443 e. The summed E-state index contributed by atoms with van der Waals surface area (Å²) in [6.07, 6.45) is 2.29. The standard InChI is InChI=1S/C31H31N/c1-21-15-22(2)19-28(18-21)30(27-9-7-6-8-10-27)20-26-11-13-29(14-12-26)32-31-24(4)16-23(3)17-25(31)5/h6-20,32H,1-5H3. The Kier molecular flexibility index (Phi) is 6.28. The quantitative estimate of drug-likeness (QED) is 0.321. The molecule has 0 amide bonds. The van der Waals surface area contributed by atoms with Crippen LogP contribution >= 0.6 is 0 Å². The van der Waals surface area contributed by atoms with Crippen LogP contribution in [0.15, 0.2) is 84.9 Å². The first-order chi connectivity index (χ1) is 15.4.